The normalized spacial score (nSPS) is 28.3. The van der Waals surface area contributed by atoms with E-state index in [1.54, 1.807) is 0 Å². The van der Waals surface area contributed by atoms with E-state index < -0.39 is 0 Å². The first-order valence-corrected chi connectivity index (χ1v) is 6.34. The van der Waals surface area contributed by atoms with Gasteiger partial charge in [-0.1, -0.05) is 19.3 Å². The standard InChI is InChI=1S/C12H23N2/c1-2-4-10-14(11-5-3-1)12-6-8-13-9-7-12/h12H,1-11H2. The monoisotopic (exact) mass is 195 g/mol. The van der Waals surface area contributed by atoms with Crippen molar-refractivity contribution in [3.63, 3.8) is 0 Å². The van der Waals surface area contributed by atoms with E-state index in [-0.39, 0.29) is 0 Å². The van der Waals surface area contributed by atoms with Crippen LogP contribution in [0.1, 0.15) is 44.9 Å². The Hall–Kier alpha value is -0.0800. The van der Waals surface area contributed by atoms with Crippen LogP contribution in [0.3, 0.4) is 0 Å². The van der Waals surface area contributed by atoms with E-state index in [1.165, 1.54) is 58.0 Å². The fraction of sp³-hybridized carbons (Fsp3) is 1.00. The minimum absolute atomic E-state index is 0.866. The van der Waals surface area contributed by atoms with Gasteiger partial charge in [0, 0.05) is 19.1 Å². The predicted molar refractivity (Wildman–Crippen MR) is 59.5 cm³/mol. The van der Waals surface area contributed by atoms with Crippen LogP contribution in [0.2, 0.25) is 0 Å². The van der Waals surface area contributed by atoms with Crippen LogP contribution in [0.4, 0.5) is 0 Å². The van der Waals surface area contributed by atoms with Gasteiger partial charge in [-0.15, -0.1) is 0 Å². The summed E-state index contributed by atoms with van der Waals surface area (Å²) in [5.74, 6) is 0. The fourth-order valence-corrected chi connectivity index (χ4v) is 2.74. The highest BCUT2D eigenvalue weighted by molar-refractivity contribution is 4.78. The van der Waals surface area contributed by atoms with Gasteiger partial charge >= 0.3 is 0 Å². The molecule has 0 aliphatic carbocycles. The van der Waals surface area contributed by atoms with Gasteiger partial charge in [0.1, 0.15) is 0 Å². The molecule has 2 aliphatic heterocycles. The number of rotatable bonds is 1. The summed E-state index contributed by atoms with van der Waals surface area (Å²) < 4.78 is 0. The van der Waals surface area contributed by atoms with Crippen molar-refractivity contribution in [2.45, 2.75) is 51.0 Å². The van der Waals surface area contributed by atoms with E-state index >= 15 is 0 Å². The minimum atomic E-state index is 0.866. The molecular weight excluding hydrogens is 172 g/mol. The third-order valence-corrected chi connectivity index (χ3v) is 3.65. The summed E-state index contributed by atoms with van der Waals surface area (Å²) in [4.78, 5) is 2.74. The van der Waals surface area contributed by atoms with Crippen LogP contribution >= 0.6 is 0 Å². The zero-order valence-electron chi connectivity index (χ0n) is 9.25. The number of piperidine rings is 1. The van der Waals surface area contributed by atoms with Crippen molar-refractivity contribution in [2.75, 3.05) is 26.2 Å². The second-order valence-corrected chi connectivity index (χ2v) is 4.71. The van der Waals surface area contributed by atoms with Gasteiger partial charge in [0.2, 0.25) is 0 Å². The molecule has 0 amide bonds. The van der Waals surface area contributed by atoms with Crippen LogP contribution in [0.5, 0.6) is 0 Å². The SMILES string of the molecule is C1CCCN(C2CC[N]CC2)CCC1. The fourth-order valence-electron chi connectivity index (χ4n) is 2.74. The molecule has 0 aromatic heterocycles. The summed E-state index contributed by atoms with van der Waals surface area (Å²) in [5.41, 5.74) is 0. The van der Waals surface area contributed by atoms with Crippen LogP contribution in [-0.4, -0.2) is 37.1 Å². The largest absolute Gasteiger partial charge is 0.300 e. The lowest BCUT2D eigenvalue weighted by Crippen LogP contribution is -2.42. The van der Waals surface area contributed by atoms with E-state index in [9.17, 15) is 0 Å². The molecule has 14 heavy (non-hydrogen) atoms. The van der Waals surface area contributed by atoms with Gasteiger partial charge in [-0.2, -0.15) is 0 Å². The van der Waals surface area contributed by atoms with Gasteiger partial charge < -0.3 is 4.90 Å². The van der Waals surface area contributed by atoms with Crippen LogP contribution in [0.15, 0.2) is 0 Å². The van der Waals surface area contributed by atoms with Crippen molar-refractivity contribution >= 4 is 0 Å². The van der Waals surface area contributed by atoms with Gasteiger partial charge in [0.25, 0.3) is 0 Å². The Morgan fingerprint density at radius 3 is 2.00 bits per heavy atom. The van der Waals surface area contributed by atoms with Crippen molar-refractivity contribution < 1.29 is 0 Å². The van der Waals surface area contributed by atoms with Gasteiger partial charge in [-0.05, 0) is 38.8 Å². The average Bonchev–Trinajstić information content (AvgIpc) is 2.18. The lowest BCUT2D eigenvalue weighted by atomic mass is 10.0. The van der Waals surface area contributed by atoms with E-state index in [4.69, 9.17) is 0 Å². The minimum Gasteiger partial charge on any atom is -0.300 e. The maximum absolute atomic E-state index is 4.44. The molecular formula is C12H23N2. The molecule has 1 radical (unpaired) electrons. The van der Waals surface area contributed by atoms with E-state index in [2.05, 4.69) is 10.2 Å². The smallest absolute Gasteiger partial charge is 0.0148 e. The Kier molecular flexibility index (Phi) is 4.26. The Morgan fingerprint density at radius 1 is 0.786 bits per heavy atom. The highest BCUT2D eigenvalue weighted by Crippen LogP contribution is 2.17. The maximum Gasteiger partial charge on any atom is 0.0148 e. The molecule has 2 rings (SSSR count). The molecule has 0 atom stereocenters. The Morgan fingerprint density at radius 2 is 1.36 bits per heavy atom. The summed E-state index contributed by atoms with van der Waals surface area (Å²) in [6.45, 7) is 4.93. The first kappa shape index (κ1) is 10.4. The highest BCUT2D eigenvalue weighted by Gasteiger charge is 2.21. The molecule has 2 heterocycles. The number of nitrogens with zero attached hydrogens (tertiary/aromatic N) is 2. The van der Waals surface area contributed by atoms with Crippen molar-refractivity contribution in [3.8, 4) is 0 Å². The molecule has 0 aromatic rings. The highest BCUT2D eigenvalue weighted by atomic mass is 15.2. The summed E-state index contributed by atoms with van der Waals surface area (Å²) in [7, 11) is 0. The lowest BCUT2D eigenvalue weighted by Gasteiger charge is -2.35. The number of hydrogen-bond donors (Lipinski definition) is 0. The molecule has 0 saturated carbocycles. The molecule has 81 valence electrons. The van der Waals surface area contributed by atoms with Crippen LogP contribution in [0.25, 0.3) is 0 Å². The van der Waals surface area contributed by atoms with Crippen LogP contribution < -0.4 is 5.32 Å². The molecule has 0 unspecified atom stereocenters. The van der Waals surface area contributed by atoms with Crippen LogP contribution in [-0.2, 0) is 0 Å². The molecule has 0 aromatic carbocycles. The van der Waals surface area contributed by atoms with E-state index in [0.29, 0.717) is 0 Å². The van der Waals surface area contributed by atoms with Crippen molar-refractivity contribution in [2.24, 2.45) is 0 Å². The molecule has 0 bridgehead atoms. The molecule has 0 spiro atoms. The summed E-state index contributed by atoms with van der Waals surface area (Å²) in [6.07, 6.45) is 9.86. The molecule has 2 heteroatoms. The lowest BCUT2D eigenvalue weighted by molar-refractivity contribution is 0.148. The van der Waals surface area contributed by atoms with Gasteiger partial charge in [0.05, 0.1) is 0 Å². The predicted octanol–water partition coefficient (Wildman–Crippen LogP) is 2.02. The van der Waals surface area contributed by atoms with Crippen molar-refractivity contribution in [3.05, 3.63) is 0 Å². The molecule has 2 nitrogen and oxygen atoms in total. The van der Waals surface area contributed by atoms with Crippen LogP contribution in [0, 0.1) is 0 Å². The van der Waals surface area contributed by atoms with Gasteiger partial charge in [-0.25, -0.2) is 5.32 Å². The number of hydrogen-bond acceptors (Lipinski definition) is 1. The molecule has 0 N–H and O–H groups in total. The summed E-state index contributed by atoms with van der Waals surface area (Å²) >= 11 is 0. The summed E-state index contributed by atoms with van der Waals surface area (Å²) in [5, 5.41) is 4.44. The summed E-state index contributed by atoms with van der Waals surface area (Å²) in [6, 6.07) is 0.866. The Balaban J connectivity index is 1.80. The molecule has 2 fully saturated rings. The van der Waals surface area contributed by atoms with Gasteiger partial charge in [0.15, 0.2) is 0 Å². The molecule has 2 aliphatic rings. The number of likely N-dealkylation sites (tertiary alicyclic amines) is 1. The molecule has 2 saturated heterocycles. The average molecular weight is 195 g/mol. The first-order chi connectivity index (χ1) is 6.97. The topological polar surface area (TPSA) is 17.3 Å². The van der Waals surface area contributed by atoms with E-state index in [1.807, 2.05) is 0 Å². The first-order valence-electron chi connectivity index (χ1n) is 6.34. The second kappa shape index (κ2) is 5.72. The zero-order chi connectivity index (χ0) is 9.64. The maximum atomic E-state index is 4.44. The Bertz CT molecular complexity index is 144. The van der Waals surface area contributed by atoms with Crippen molar-refractivity contribution in [1.29, 1.82) is 0 Å². The Labute approximate surface area is 88.1 Å². The van der Waals surface area contributed by atoms with Gasteiger partial charge in [-0.3, -0.25) is 0 Å². The van der Waals surface area contributed by atoms with Crippen molar-refractivity contribution in [1.82, 2.24) is 10.2 Å². The third-order valence-electron chi connectivity index (χ3n) is 3.65. The third kappa shape index (κ3) is 2.96. The quantitative estimate of drug-likeness (QED) is 0.626. The second-order valence-electron chi connectivity index (χ2n) is 4.71. The van der Waals surface area contributed by atoms with E-state index in [0.717, 1.165) is 19.1 Å². The zero-order valence-corrected chi connectivity index (χ0v) is 9.25.